The van der Waals surface area contributed by atoms with Crippen molar-refractivity contribution in [1.82, 2.24) is 19.6 Å². The lowest BCUT2D eigenvalue weighted by Crippen LogP contribution is -2.37. The smallest absolute Gasteiger partial charge is 0.253 e. The molecule has 0 radical (unpaired) electrons. The Morgan fingerprint density at radius 3 is 1.35 bits per heavy atom. The van der Waals surface area contributed by atoms with Gasteiger partial charge in [-0.3, -0.25) is 19.4 Å². The fraction of sp³-hybridized carbons (Fsp3) is 0.409. The molecule has 54 heavy (non-hydrogen) atoms. The zero-order valence-corrected chi connectivity index (χ0v) is 30.5. The number of phenolic OH excluding ortho intramolecular Hbond substituents is 1. The number of carbonyl (C=O) groups is 2. The third-order valence-electron chi connectivity index (χ3n) is 10.1. The summed E-state index contributed by atoms with van der Waals surface area (Å²) in [5, 5.41) is 8.63. The minimum atomic E-state index is -0.298. The summed E-state index contributed by atoms with van der Waals surface area (Å²) in [6.45, 7) is 8.08. The summed E-state index contributed by atoms with van der Waals surface area (Å²) in [5.41, 5.74) is 1.32. The fourth-order valence-corrected chi connectivity index (χ4v) is 7.34. The first-order valence-corrected chi connectivity index (χ1v) is 18.3. The van der Waals surface area contributed by atoms with E-state index < -0.39 is 0 Å². The first-order valence-electron chi connectivity index (χ1n) is 18.3. The van der Waals surface area contributed by atoms with Crippen LogP contribution in [-0.4, -0.2) is 101 Å². The van der Waals surface area contributed by atoms with Gasteiger partial charge in [-0.05, 0) is 138 Å². The molecule has 0 spiro atoms. The van der Waals surface area contributed by atoms with E-state index in [-0.39, 0.29) is 44.9 Å². The topological polar surface area (TPSA) is 76.6 Å². The van der Waals surface area contributed by atoms with E-state index in [2.05, 4.69) is 9.80 Å². The lowest BCUT2D eigenvalue weighted by molar-refractivity contribution is 0.0772. The second kappa shape index (κ2) is 22.1. The Morgan fingerprint density at radius 2 is 0.944 bits per heavy atom. The number of para-hydroxylation sites is 2. The molecule has 2 amide bonds. The van der Waals surface area contributed by atoms with Crippen molar-refractivity contribution in [1.29, 1.82) is 0 Å². The van der Waals surface area contributed by atoms with Crippen molar-refractivity contribution in [2.75, 3.05) is 52.4 Å². The molecule has 8 nitrogen and oxygen atoms in total. The van der Waals surface area contributed by atoms with Crippen molar-refractivity contribution >= 4 is 24.2 Å². The standard InChI is InChI=1S/C21H24N2O2.C15H19FN2O.C6H6O.2CH4.ClH/c24-21(23-15-12-18(16-23)22-13-4-5-14-22)17-8-10-20(11-9-17)25-19-6-2-1-3-7-19;16-13-5-3-12(4-6-13)15(19)18-10-7-14(11-18)17-8-1-2-9-17;7-6-4-2-1-3-5-6;;;/h1-3,6-11,18H,4-5,12-16H2;3-6,14H,1-2,7-11H2;1-5,7H;2*1H4;1H. The summed E-state index contributed by atoms with van der Waals surface area (Å²) in [5.74, 6) is 1.73. The van der Waals surface area contributed by atoms with E-state index in [0.717, 1.165) is 56.1 Å². The van der Waals surface area contributed by atoms with E-state index in [1.54, 1.807) is 36.4 Å². The molecule has 2 atom stereocenters. The molecule has 0 bridgehead atoms. The highest BCUT2D eigenvalue weighted by Crippen LogP contribution is 2.25. The van der Waals surface area contributed by atoms with Gasteiger partial charge in [0.2, 0.25) is 0 Å². The van der Waals surface area contributed by atoms with Crippen LogP contribution in [-0.2, 0) is 0 Å². The molecule has 0 aliphatic carbocycles. The molecular formula is C44H58ClFN4O4. The minimum absolute atomic E-state index is 0. The number of aromatic hydroxyl groups is 1. The number of ether oxygens (including phenoxy) is 1. The van der Waals surface area contributed by atoms with Crippen LogP contribution in [0.3, 0.4) is 0 Å². The van der Waals surface area contributed by atoms with Crippen molar-refractivity contribution in [3.05, 3.63) is 126 Å². The summed E-state index contributed by atoms with van der Waals surface area (Å²) in [4.78, 5) is 34.0. The second-order valence-electron chi connectivity index (χ2n) is 13.7. The molecule has 292 valence electrons. The van der Waals surface area contributed by atoms with Gasteiger partial charge in [0.05, 0.1) is 0 Å². The molecule has 4 fully saturated rings. The number of hydrogen-bond acceptors (Lipinski definition) is 6. The third kappa shape index (κ3) is 12.3. The van der Waals surface area contributed by atoms with Crippen molar-refractivity contribution in [2.24, 2.45) is 0 Å². The lowest BCUT2D eigenvalue weighted by Gasteiger charge is -2.23. The number of phenols is 1. The summed E-state index contributed by atoms with van der Waals surface area (Å²) in [6, 6.07) is 32.8. The number of rotatable bonds is 6. The zero-order valence-electron chi connectivity index (χ0n) is 29.7. The van der Waals surface area contributed by atoms with E-state index in [0.29, 0.717) is 23.4 Å². The van der Waals surface area contributed by atoms with Crippen molar-refractivity contribution in [2.45, 2.75) is 65.5 Å². The summed E-state index contributed by atoms with van der Waals surface area (Å²) in [7, 11) is 0. The molecule has 4 aliphatic heterocycles. The van der Waals surface area contributed by atoms with Gasteiger partial charge < -0.3 is 19.6 Å². The molecule has 0 saturated carbocycles. The van der Waals surface area contributed by atoms with Crippen LogP contribution in [0.1, 0.15) is 74.1 Å². The van der Waals surface area contributed by atoms with E-state index in [9.17, 15) is 14.0 Å². The normalized spacial score (nSPS) is 19.2. The van der Waals surface area contributed by atoms with Crippen LogP contribution in [0.4, 0.5) is 4.39 Å². The van der Waals surface area contributed by atoms with Crippen LogP contribution in [0.25, 0.3) is 0 Å². The van der Waals surface area contributed by atoms with Crippen molar-refractivity contribution < 1.29 is 23.8 Å². The van der Waals surface area contributed by atoms with Crippen LogP contribution in [0.2, 0.25) is 0 Å². The van der Waals surface area contributed by atoms with Gasteiger partial charge in [0.1, 0.15) is 23.1 Å². The SMILES string of the molecule is C.C.Cl.O=C(c1ccc(F)cc1)N1CCC(N2CCCC2)C1.O=C(c1ccc(Oc2ccccc2)cc1)N1CCC(N2CCCC2)C1.Oc1ccccc1. The largest absolute Gasteiger partial charge is 0.508 e. The number of carbonyl (C=O) groups excluding carboxylic acids is 2. The Hall–Kier alpha value is -4.44. The van der Waals surface area contributed by atoms with Gasteiger partial charge in [-0.25, -0.2) is 4.39 Å². The number of nitrogens with zero attached hydrogens (tertiary/aromatic N) is 4. The van der Waals surface area contributed by atoms with E-state index in [1.165, 1.54) is 64.0 Å². The van der Waals surface area contributed by atoms with E-state index >= 15 is 0 Å². The van der Waals surface area contributed by atoms with Gasteiger partial charge in [0.25, 0.3) is 11.8 Å². The van der Waals surface area contributed by atoms with Crippen molar-refractivity contribution in [3.63, 3.8) is 0 Å². The van der Waals surface area contributed by atoms with Gasteiger partial charge in [-0.1, -0.05) is 51.3 Å². The Bertz CT molecular complexity index is 1670. The van der Waals surface area contributed by atoms with E-state index in [4.69, 9.17) is 9.84 Å². The summed E-state index contributed by atoms with van der Waals surface area (Å²) >= 11 is 0. The Morgan fingerprint density at radius 1 is 0.556 bits per heavy atom. The van der Waals surface area contributed by atoms with Crippen LogP contribution >= 0.6 is 12.4 Å². The molecule has 1 N–H and O–H groups in total. The van der Waals surface area contributed by atoms with Crippen LogP contribution < -0.4 is 4.74 Å². The maximum Gasteiger partial charge on any atom is 0.253 e. The molecular weight excluding hydrogens is 703 g/mol. The highest BCUT2D eigenvalue weighted by molar-refractivity contribution is 5.95. The Balaban J connectivity index is 0.000000240. The zero-order chi connectivity index (χ0) is 35.4. The van der Waals surface area contributed by atoms with Gasteiger partial charge in [-0.2, -0.15) is 0 Å². The van der Waals surface area contributed by atoms with Gasteiger partial charge >= 0.3 is 0 Å². The summed E-state index contributed by atoms with van der Waals surface area (Å²) in [6.07, 6.45) is 7.32. The third-order valence-corrected chi connectivity index (χ3v) is 10.1. The highest BCUT2D eigenvalue weighted by Gasteiger charge is 2.33. The average Bonchev–Trinajstić information content (AvgIpc) is 4.01. The maximum absolute atomic E-state index is 12.9. The number of likely N-dealkylation sites (tertiary alicyclic amines) is 4. The first-order chi connectivity index (χ1) is 24.9. The molecule has 4 aromatic carbocycles. The van der Waals surface area contributed by atoms with Crippen LogP contribution in [0.5, 0.6) is 17.2 Å². The minimum Gasteiger partial charge on any atom is -0.508 e. The number of halogens is 2. The number of hydrogen-bond donors (Lipinski definition) is 1. The van der Waals surface area contributed by atoms with Gasteiger partial charge in [0, 0.05) is 49.4 Å². The molecule has 4 heterocycles. The highest BCUT2D eigenvalue weighted by atomic mass is 35.5. The molecule has 4 aromatic rings. The van der Waals surface area contributed by atoms with Crippen LogP contribution in [0, 0.1) is 5.82 Å². The Labute approximate surface area is 327 Å². The predicted octanol–water partition coefficient (Wildman–Crippen LogP) is 9.01. The average molecular weight is 761 g/mol. The van der Waals surface area contributed by atoms with Crippen molar-refractivity contribution in [3.8, 4) is 17.2 Å². The fourth-order valence-electron chi connectivity index (χ4n) is 7.34. The predicted molar refractivity (Wildman–Crippen MR) is 218 cm³/mol. The van der Waals surface area contributed by atoms with Gasteiger partial charge in [0.15, 0.2) is 0 Å². The Kier molecular flexibility index (Phi) is 18.0. The quantitative estimate of drug-likeness (QED) is 0.212. The lowest BCUT2D eigenvalue weighted by atomic mass is 10.2. The second-order valence-corrected chi connectivity index (χ2v) is 13.7. The molecule has 2 unspecified atom stereocenters. The van der Waals surface area contributed by atoms with E-state index in [1.807, 2.05) is 70.5 Å². The monoisotopic (exact) mass is 760 g/mol. The first kappa shape index (κ1) is 44.0. The molecule has 4 aliphatic rings. The maximum atomic E-state index is 12.9. The molecule has 8 rings (SSSR count). The van der Waals surface area contributed by atoms with Crippen LogP contribution in [0.15, 0.2) is 109 Å². The molecule has 4 saturated heterocycles. The van der Waals surface area contributed by atoms with Gasteiger partial charge in [-0.15, -0.1) is 12.4 Å². The molecule has 10 heteroatoms. The molecule has 0 aromatic heterocycles. The summed E-state index contributed by atoms with van der Waals surface area (Å²) < 4.78 is 18.7. The number of benzene rings is 4. The number of amides is 2.